The first kappa shape index (κ1) is 14.5. The van der Waals surface area contributed by atoms with Crippen LogP contribution in [-0.2, 0) is 6.54 Å². The van der Waals surface area contributed by atoms with Crippen LogP contribution in [0.25, 0.3) is 10.9 Å². The SMILES string of the molecule is Cc1nc2ccccc2c(CNC2CCCCCC2)c1C. The summed E-state index contributed by atoms with van der Waals surface area (Å²) in [6, 6.07) is 9.22. The first-order valence-electron chi connectivity index (χ1n) is 8.34. The second kappa shape index (κ2) is 6.57. The quantitative estimate of drug-likeness (QED) is 0.828. The Hall–Kier alpha value is -1.41. The molecule has 0 saturated heterocycles. The highest BCUT2D eigenvalue weighted by molar-refractivity contribution is 5.83. The second-order valence-corrected chi connectivity index (χ2v) is 6.39. The zero-order valence-electron chi connectivity index (χ0n) is 13.3. The van der Waals surface area contributed by atoms with Gasteiger partial charge in [0, 0.05) is 23.7 Å². The van der Waals surface area contributed by atoms with Crippen LogP contribution in [0.4, 0.5) is 0 Å². The molecule has 1 aromatic carbocycles. The molecule has 1 heterocycles. The summed E-state index contributed by atoms with van der Waals surface area (Å²) >= 11 is 0. The van der Waals surface area contributed by atoms with E-state index < -0.39 is 0 Å². The summed E-state index contributed by atoms with van der Waals surface area (Å²) in [5.74, 6) is 0. The van der Waals surface area contributed by atoms with E-state index in [0.717, 1.165) is 17.8 Å². The van der Waals surface area contributed by atoms with Gasteiger partial charge in [-0.1, -0.05) is 43.9 Å². The van der Waals surface area contributed by atoms with Gasteiger partial charge in [-0.25, -0.2) is 0 Å². The molecule has 1 saturated carbocycles. The number of rotatable bonds is 3. The number of pyridine rings is 1. The standard InChI is InChI=1S/C19H26N2/c1-14-15(2)21-19-12-8-7-11-17(19)18(14)13-20-16-9-5-3-4-6-10-16/h7-8,11-12,16,20H,3-6,9-10,13H2,1-2H3. The topological polar surface area (TPSA) is 24.9 Å². The number of aryl methyl sites for hydroxylation is 1. The molecule has 0 unspecified atom stereocenters. The Morgan fingerprint density at radius 3 is 2.52 bits per heavy atom. The Morgan fingerprint density at radius 1 is 1.05 bits per heavy atom. The number of benzene rings is 1. The monoisotopic (exact) mass is 282 g/mol. The van der Waals surface area contributed by atoms with E-state index in [2.05, 4.69) is 43.4 Å². The van der Waals surface area contributed by atoms with Crippen molar-refractivity contribution in [3.63, 3.8) is 0 Å². The van der Waals surface area contributed by atoms with Crippen molar-refractivity contribution in [2.24, 2.45) is 0 Å². The van der Waals surface area contributed by atoms with E-state index in [1.165, 1.54) is 55.0 Å². The molecule has 0 bridgehead atoms. The fourth-order valence-electron chi connectivity index (χ4n) is 3.47. The summed E-state index contributed by atoms with van der Waals surface area (Å²) in [5, 5.41) is 5.12. The maximum atomic E-state index is 4.72. The molecule has 1 fully saturated rings. The lowest BCUT2D eigenvalue weighted by molar-refractivity contribution is 0.459. The Balaban J connectivity index is 1.83. The molecule has 112 valence electrons. The Labute approximate surface area is 128 Å². The van der Waals surface area contributed by atoms with Crippen LogP contribution in [0.15, 0.2) is 24.3 Å². The highest BCUT2D eigenvalue weighted by Gasteiger charge is 2.14. The van der Waals surface area contributed by atoms with Crippen LogP contribution < -0.4 is 5.32 Å². The number of nitrogens with one attached hydrogen (secondary N) is 1. The number of aromatic nitrogens is 1. The fourth-order valence-corrected chi connectivity index (χ4v) is 3.47. The zero-order chi connectivity index (χ0) is 14.7. The number of hydrogen-bond donors (Lipinski definition) is 1. The van der Waals surface area contributed by atoms with Crippen molar-refractivity contribution >= 4 is 10.9 Å². The lowest BCUT2D eigenvalue weighted by Gasteiger charge is -2.19. The van der Waals surface area contributed by atoms with Gasteiger partial charge < -0.3 is 5.32 Å². The van der Waals surface area contributed by atoms with Crippen LogP contribution >= 0.6 is 0 Å². The molecule has 2 nitrogen and oxygen atoms in total. The van der Waals surface area contributed by atoms with E-state index in [1.807, 2.05) is 0 Å². The fraction of sp³-hybridized carbons (Fsp3) is 0.526. The molecule has 2 heteroatoms. The van der Waals surface area contributed by atoms with Gasteiger partial charge in [-0.3, -0.25) is 4.98 Å². The third-order valence-electron chi connectivity index (χ3n) is 4.94. The molecule has 1 aromatic heterocycles. The molecular formula is C19H26N2. The van der Waals surface area contributed by atoms with Gasteiger partial charge in [0.25, 0.3) is 0 Å². The highest BCUT2D eigenvalue weighted by Crippen LogP contribution is 2.24. The zero-order valence-corrected chi connectivity index (χ0v) is 13.3. The average molecular weight is 282 g/mol. The van der Waals surface area contributed by atoms with Crippen molar-refractivity contribution in [3.8, 4) is 0 Å². The molecule has 3 rings (SSSR count). The van der Waals surface area contributed by atoms with Crippen LogP contribution in [0.5, 0.6) is 0 Å². The minimum atomic E-state index is 0.694. The average Bonchev–Trinajstić information content (AvgIpc) is 2.76. The predicted molar refractivity (Wildman–Crippen MR) is 89.5 cm³/mol. The second-order valence-electron chi connectivity index (χ2n) is 6.39. The summed E-state index contributed by atoms with van der Waals surface area (Å²) in [6.45, 7) is 5.30. The molecule has 0 atom stereocenters. The number of para-hydroxylation sites is 1. The minimum absolute atomic E-state index is 0.694. The van der Waals surface area contributed by atoms with Crippen LogP contribution in [0.1, 0.15) is 55.3 Å². The molecular weight excluding hydrogens is 256 g/mol. The van der Waals surface area contributed by atoms with Gasteiger partial charge in [0.15, 0.2) is 0 Å². The van der Waals surface area contributed by atoms with Crippen LogP contribution in [-0.4, -0.2) is 11.0 Å². The maximum Gasteiger partial charge on any atom is 0.0708 e. The van der Waals surface area contributed by atoms with Crippen molar-refractivity contribution in [1.29, 1.82) is 0 Å². The largest absolute Gasteiger partial charge is 0.310 e. The summed E-state index contributed by atoms with van der Waals surface area (Å²) in [4.78, 5) is 4.72. The highest BCUT2D eigenvalue weighted by atomic mass is 14.9. The third-order valence-corrected chi connectivity index (χ3v) is 4.94. The molecule has 1 aliphatic rings. The van der Waals surface area contributed by atoms with Crippen molar-refractivity contribution in [1.82, 2.24) is 10.3 Å². The summed E-state index contributed by atoms with van der Waals surface area (Å²) < 4.78 is 0. The van der Waals surface area contributed by atoms with Gasteiger partial charge in [-0.2, -0.15) is 0 Å². The molecule has 0 amide bonds. The Morgan fingerprint density at radius 2 is 1.76 bits per heavy atom. The van der Waals surface area contributed by atoms with E-state index in [0.29, 0.717) is 6.04 Å². The van der Waals surface area contributed by atoms with Gasteiger partial charge >= 0.3 is 0 Å². The van der Waals surface area contributed by atoms with Crippen LogP contribution in [0.3, 0.4) is 0 Å². The van der Waals surface area contributed by atoms with Crippen LogP contribution in [0, 0.1) is 13.8 Å². The normalized spacial score (nSPS) is 17.0. The van der Waals surface area contributed by atoms with Gasteiger partial charge in [0.2, 0.25) is 0 Å². The molecule has 0 radical (unpaired) electrons. The van der Waals surface area contributed by atoms with E-state index in [9.17, 15) is 0 Å². The van der Waals surface area contributed by atoms with Crippen molar-refractivity contribution in [3.05, 3.63) is 41.1 Å². The van der Waals surface area contributed by atoms with Crippen molar-refractivity contribution in [2.75, 3.05) is 0 Å². The number of fused-ring (bicyclic) bond motifs is 1. The lowest BCUT2D eigenvalue weighted by atomic mass is 10.0. The van der Waals surface area contributed by atoms with Gasteiger partial charge in [-0.05, 0) is 43.9 Å². The number of nitrogens with zero attached hydrogens (tertiary/aromatic N) is 1. The molecule has 1 aliphatic carbocycles. The molecule has 21 heavy (non-hydrogen) atoms. The first-order chi connectivity index (χ1) is 10.3. The minimum Gasteiger partial charge on any atom is -0.310 e. The van der Waals surface area contributed by atoms with Crippen molar-refractivity contribution in [2.45, 2.75) is 65.0 Å². The Bertz CT molecular complexity index is 610. The summed E-state index contributed by atoms with van der Waals surface area (Å²) in [6.07, 6.45) is 8.25. The Kier molecular flexibility index (Phi) is 4.54. The van der Waals surface area contributed by atoms with E-state index >= 15 is 0 Å². The first-order valence-corrected chi connectivity index (χ1v) is 8.34. The molecule has 2 aromatic rings. The summed E-state index contributed by atoms with van der Waals surface area (Å²) in [7, 11) is 0. The lowest BCUT2D eigenvalue weighted by Crippen LogP contribution is -2.28. The van der Waals surface area contributed by atoms with E-state index in [-0.39, 0.29) is 0 Å². The van der Waals surface area contributed by atoms with Gasteiger partial charge in [0.1, 0.15) is 0 Å². The number of hydrogen-bond acceptors (Lipinski definition) is 2. The molecule has 1 N–H and O–H groups in total. The smallest absolute Gasteiger partial charge is 0.0708 e. The summed E-state index contributed by atoms with van der Waals surface area (Å²) in [5.41, 5.74) is 5.06. The predicted octanol–water partition coefficient (Wildman–Crippen LogP) is 4.66. The third kappa shape index (κ3) is 3.26. The van der Waals surface area contributed by atoms with Crippen molar-refractivity contribution < 1.29 is 0 Å². The maximum absolute atomic E-state index is 4.72. The molecule has 0 aliphatic heterocycles. The van der Waals surface area contributed by atoms with E-state index in [1.54, 1.807) is 0 Å². The van der Waals surface area contributed by atoms with Gasteiger partial charge in [0.05, 0.1) is 5.52 Å². The van der Waals surface area contributed by atoms with Crippen LogP contribution in [0.2, 0.25) is 0 Å². The van der Waals surface area contributed by atoms with Gasteiger partial charge in [-0.15, -0.1) is 0 Å². The molecule has 0 spiro atoms. The van der Waals surface area contributed by atoms with E-state index in [4.69, 9.17) is 4.98 Å².